The summed E-state index contributed by atoms with van der Waals surface area (Å²) in [5.74, 6) is 0.602. The van der Waals surface area contributed by atoms with Crippen LogP contribution in [-0.4, -0.2) is 10.1 Å². The minimum Gasteiger partial charge on any atom is -0.353 e. The third-order valence-corrected chi connectivity index (χ3v) is 4.91. The number of hydrogen-bond acceptors (Lipinski definition) is 2. The smallest absolute Gasteiger partial charge is 0.353 e. The van der Waals surface area contributed by atoms with E-state index in [1.54, 1.807) is 12.3 Å². The summed E-state index contributed by atoms with van der Waals surface area (Å²) in [6, 6.07) is 9.24. The van der Waals surface area contributed by atoms with Crippen LogP contribution in [0.25, 0.3) is 0 Å². The van der Waals surface area contributed by atoms with Crippen molar-refractivity contribution in [3.05, 3.63) is 59.3 Å². The minimum absolute atomic E-state index is 0.362. The van der Waals surface area contributed by atoms with Crippen LogP contribution in [0.15, 0.2) is 42.6 Å². The fourth-order valence-corrected chi connectivity index (χ4v) is 3.66. The molecule has 138 valence electrons. The number of anilines is 1. The third kappa shape index (κ3) is 4.15. The first kappa shape index (κ1) is 18.6. The van der Waals surface area contributed by atoms with Gasteiger partial charge in [0.2, 0.25) is 0 Å². The first-order valence-corrected chi connectivity index (χ1v) is 8.89. The van der Waals surface area contributed by atoms with Crippen molar-refractivity contribution in [2.24, 2.45) is 0 Å². The average molecular weight is 379 g/mol. The Kier molecular flexibility index (Phi) is 5.18. The summed E-state index contributed by atoms with van der Waals surface area (Å²) >= 11 is 5.40. The predicted octanol–water partition coefficient (Wildman–Crippen LogP) is 5.16. The number of pyridine rings is 1. The summed E-state index contributed by atoms with van der Waals surface area (Å²) in [6.07, 6.45) is 0.710. The molecule has 0 atom stereocenters. The quantitative estimate of drug-likeness (QED) is 0.722. The Morgan fingerprint density at radius 3 is 2.50 bits per heavy atom. The van der Waals surface area contributed by atoms with Gasteiger partial charge in [0, 0.05) is 6.20 Å². The highest BCUT2D eigenvalue weighted by Crippen LogP contribution is 2.40. The van der Waals surface area contributed by atoms with Gasteiger partial charge >= 0.3 is 6.18 Å². The number of halogens is 3. The second kappa shape index (κ2) is 7.23. The molecule has 1 aliphatic rings. The van der Waals surface area contributed by atoms with E-state index in [-0.39, 0.29) is 0 Å². The normalized spacial score (nSPS) is 16.3. The van der Waals surface area contributed by atoms with Gasteiger partial charge in [-0.1, -0.05) is 31.0 Å². The lowest BCUT2D eigenvalue weighted by atomic mass is 9.87. The first-order valence-electron chi connectivity index (χ1n) is 8.48. The molecule has 0 spiro atoms. The van der Waals surface area contributed by atoms with E-state index in [2.05, 4.69) is 15.6 Å². The molecular formula is C19H20F3N3S. The molecule has 0 radical (unpaired) electrons. The lowest BCUT2D eigenvalue weighted by Crippen LogP contribution is -2.45. The van der Waals surface area contributed by atoms with Gasteiger partial charge in [-0.25, -0.2) is 4.98 Å². The van der Waals surface area contributed by atoms with E-state index in [0.29, 0.717) is 16.5 Å². The zero-order valence-electron chi connectivity index (χ0n) is 14.4. The van der Waals surface area contributed by atoms with Gasteiger partial charge in [-0.3, -0.25) is 0 Å². The molecule has 3 rings (SSSR count). The van der Waals surface area contributed by atoms with E-state index in [9.17, 15) is 13.2 Å². The highest BCUT2D eigenvalue weighted by atomic mass is 32.1. The van der Waals surface area contributed by atoms with Gasteiger partial charge in [0.05, 0.1) is 11.1 Å². The summed E-state index contributed by atoms with van der Waals surface area (Å²) in [5.41, 5.74) is 0.425. The van der Waals surface area contributed by atoms with Crippen LogP contribution in [0.3, 0.4) is 0 Å². The summed E-state index contributed by atoms with van der Waals surface area (Å²) < 4.78 is 39.3. The SMILES string of the molecule is Cc1ccc(NC(=S)NC2(c3cccc(C(F)(F)F)c3)CCCC2)nc1. The highest BCUT2D eigenvalue weighted by Gasteiger charge is 2.38. The van der Waals surface area contributed by atoms with Crippen molar-refractivity contribution >= 4 is 23.1 Å². The molecule has 1 heterocycles. The molecule has 7 heteroatoms. The van der Waals surface area contributed by atoms with Crippen LogP contribution in [0.2, 0.25) is 0 Å². The van der Waals surface area contributed by atoms with Crippen LogP contribution in [0.4, 0.5) is 19.0 Å². The Hall–Kier alpha value is -2.15. The topological polar surface area (TPSA) is 37.0 Å². The number of rotatable bonds is 3. The number of nitrogens with zero attached hydrogens (tertiary/aromatic N) is 1. The molecule has 26 heavy (non-hydrogen) atoms. The number of benzene rings is 1. The Morgan fingerprint density at radius 1 is 1.15 bits per heavy atom. The van der Waals surface area contributed by atoms with Crippen molar-refractivity contribution in [2.75, 3.05) is 5.32 Å². The molecule has 3 nitrogen and oxygen atoms in total. The van der Waals surface area contributed by atoms with Gasteiger partial charge in [-0.2, -0.15) is 13.2 Å². The van der Waals surface area contributed by atoms with Gasteiger partial charge in [0.15, 0.2) is 5.11 Å². The van der Waals surface area contributed by atoms with Crippen molar-refractivity contribution in [2.45, 2.75) is 44.3 Å². The number of hydrogen-bond donors (Lipinski definition) is 2. The number of aryl methyl sites for hydroxylation is 1. The molecule has 1 aromatic carbocycles. The largest absolute Gasteiger partial charge is 0.416 e. The van der Waals surface area contributed by atoms with E-state index < -0.39 is 17.3 Å². The zero-order valence-corrected chi connectivity index (χ0v) is 15.2. The minimum atomic E-state index is -4.36. The molecule has 0 bridgehead atoms. The van der Waals surface area contributed by atoms with Crippen molar-refractivity contribution in [1.29, 1.82) is 0 Å². The van der Waals surface area contributed by atoms with E-state index in [4.69, 9.17) is 12.2 Å². The van der Waals surface area contributed by atoms with Crippen LogP contribution < -0.4 is 10.6 Å². The monoisotopic (exact) mass is 379 g/mol. The van der Waals surface area contributed by atoms with Crippen LogP contribution in [-0.2, 0) is 11.7 Å². The van der Waals surface area contributed by atoms with E-state index in [1.807, 2.05) is 19.1 Å². The molecule has 2 aromatic rings. The standard InChI is InChI=1S/C19H20F3N3S/c1-13-7-8-16(23-12-13)24-17(26)25-18(9-2-3-10-18)14-5-4-6-15(11-14)19(20,21)22/h4-8,11-12H,2-3,9-10H2,1H3,(H2,23,24,25,26). The Balaban J connectivity index is 1.82. The number of thiocarbonyl (C=S) groups is 1. The molecular weight excluding hydrogens is 359 g/mol. The van der Waals surface area contributed by atoms with Gasteiger partial charge in [0.25, 0.3) is 0 Å². The van der Waals surface area contributed by atoms with Crippen molar-refractivity contribution in [1.82, 2.24) is 10.3 Å². The number of alkyl halides is 3. The van der Waals surface area contributed by atoms with Crippen LogP contribution in [0.5, 0.6) is 0 Å². The van der Waals surface area contributed by atoms with E-state index in [1.165, 1.54) is 12.1 Å². The maximum Gasteiger partial charge on any atom is 0.416 e. The predicted molar refractivity (Wildman–Crippen MR) is 99.9 cm³/mol. The van der Waals surface area contributed by atoms with Crippen LogP contribution >= 0.6 is 12.2 Å². The van der Waals surface area contributed by atoms with E-state index in [0.717, 1.165) is 37.3 Å². The molecule has 1 fully saturated rings. The molecule has 2 N–H and O–H groups in total. The molecule has 0 saturated heterocycles. The molecule has 1 aromatic heterocycles. The summed E-state index contributed by atoms with van der Waals surface area (Å²) in [7, 11) is 0. The third-order valence-electron chi connectivity index (χ3n) is 4.71. The summed E-state index contributed by atoms with van der Waals surface area (Å²) in [5, 5.41) is 6.65. The lowest BCUT2D eigenvalue weighted by molar-refractivity contribution is -0.137. The summed E-state index contributed by atoms with van der Waals surface area (Å²) in [6.45, 7) is 1.94. The van der Waals surface area contributed by atoms with E-state index >= 15 is 0 Å². The average Bonchev–Trinajstić information content (AvgIpc) is 3.06. The lowest BCUT2D eigenvalue weighted by Gasteiger charge is -2.33. The second-order valence-electron chi connectivity index (χ2n) is 6.67. The van der Waals surface area contributed by atoms with Crippen LogP contribution in [0.1, 0.15) is 42.4 Å². The van der Waals surface area contributed by atoms with Crippen molar-refractivity contribution in [3.63, 3.8) is 0 Å². The molecule has 0 amide bonds. The molecule has 0 aliphatic heterocycles. The molecule has 1 aliphatic carbocycles. The van der Waals surface area contributed by atoms with Gasteiger partial charge < -0.3 is 10.6 Å². The Bertz CT molecular complexity index is 781. The fourth-order valence-electron chi connectivity index (χ4n) is 3.36. The maximum atomic E-state index is 13.1. The maximum absolute atomic E-state index is 13.1. The van der Waals surface area contributed by atoms with Gasteiger partial charge in [-0.15, -0.1) is 0 Å². The summed E-state index contributed by atoms with van der Waals surface area (Å²) in [4.78, 5) is 4.25. The van der Waals surface area contributed by atoms with Gasteiger partial charge in [-0.05, 0) is 61.3 Å². The highest BCUT2D eigenvalue weighted by molar-refractivity contribution is 7.80. The van der Waals surface area contributed by atoms with Crippen LogP contribution in [0, 0.1) is 6.92 Å². The number of aromatic nitrogens is 1. The Morgan fingerprint density at radius 2 is 1.88 bits per heavy atom. The van der Waals surface area contributed by atoms with Crippen molar-refractivity contribution < 1.29 is 13.2 Å². The number of nitrogens with one attached hydrogen (secondary N) is 2. The molecule has 1 saturated carbocycles. The Labute approximate surface area is 156 Å². The first-order chi connectivity index (χ1) is 12.3. The zero-order chi connectivity index (χ0) is 18.8. The fraction of sp³-hybridized carbons (Fsp3) is 0.368. The van der Waals surface area contributed by atoms with Crippen molar-refractivity contribution in [3.8, 4) is 0 Å². The molecule has 0 unspecified atom stereocenters. The second-order valence-corrected chi connectivity index (χ2v) is 7.08. The van der Waals surface area contributed by atoms with Gasteiger partial charge in [0.1, 0.15) is 5.82 Å².